The third-order valence-corrected chi connectivity index (χ3v) is 7.08. The fraction of sp³-hybridized carbons (Fsp3) is 0.583. The molecule has 1 aromatic carbocycles. The lowest BCUT2D eigenvalue weighted by Gasteiger charge is -2.36. The van der Waals surface area contributed by atoms with E-state index in [0.717, 1.165) is 12.8 Å². The zero-order valence-electron chi connectivity index (χ0n) is 18.9. The van der Waals surface area contributed by atoms with Crippen LogP contribution < -0.4 is 20.1 Å². The number of aliphatic hydroxyl groups is 2. The van der Waals surface area contributed by atoms with E-state index in [9.17, 15) is 14.7 Å². The van der Waals surface area contributed by atoms with Crippen LogP contribution in [0.2, 0.25) is 0 Å². The summed E-state index contributed by atoms with van der Waals surface area (Å²) >= 11 is 2.06. The molecule has 1 saturated carbocycles. The quantitative estimate of drug-likeness (QED) is 0.251. The van der Waals surface area contributed by atoms with Gasteiger partial charge in [-0.25, -0.2) is 0 Å². The van der Waals surface area contributed by atoms with Gasteiger partial charge in [0.25, 0.3) is 0 Å². The number of nitrogens with one attached hydrogen (secondary N) is 2. The normalized spacial score (nSPS) is 23.5. The number of halogens is 1. The van der Waals surface area contributed by atoms with Crippen molar-refractivity contribution in [2.24, 2.45) is 5.92 Å². The van der Waals surface area contributed by atoms with Gasteiger partial charge in [0.1, 0.15) is 18.5 Å². The average molecular weight is 572 g/mol. The molecule has 1 fully saturated rings. The number of benzene rings is 1. The summed E-state index contributed by atoms with van der Waals surface area (Å²) in [5, 5.41) is 26.4. The minimum atomic E-state index is -0.880. The van der Waals surface area contributed by atoms with E-state index in [4.69, 9.17) is 14.6 Å². The second kappa shape index (κ2) is 12.7. The fourth-order valence-corrected chi connectivity index (χ4v) is 5.22. The number of carbonyl (C=O) groups is 2. The molecule has 0 aromatic heterocycles. The Bertz CT molecular complexity index is 856. The molecule has 182 valence electrons. The van der Waals surface area contributed by atoms with E-state index in [1.165, 1.54) is 39.2 Å². The largest absolute Gasteiger partial charge is 0.493 e. The van der Waals surface area contributed by atoms with Crippen molar-refractivity contribution in [1.82, 2.24) is 10.6 Å². The van der Waals surface area contributed by atoms with Gasteiger partial charge in [-0.15, -0.1) is 0 Å². The molecule has 33 heavy (non-hydrogen) atoms. The molecule has 0 aliphatic heterocycles. The summed E-state index contributed by atoms with van der Waals surface area (Å²) in [6.07, 6.45) is 7.16. The summed E-state index contributed by atoms with van der Waals surface area (Å²) in [5.41, 5.74) is 0.956. The van der Waals surface area contributed by atoms with Crippen LogP contribution in [0.1, 0.15) is 48.9 Å². The van der Waals surface area contributed by atoms with Crippen molar-refractivity contribution >= 4 is 34.8 Å². The number of carbonyl (C=O) groups excluding carboxylic acids is 2. The number of hydrogen-bond acceptors (Lipinski definition) is 7. The summed E-state index contributed by atoms with van der Waals surface area (Å²) < 4.78 is 12.3. The van der Waals surface area contributed by atoms with E-state index in [0.29, 0.717) is 38.5 Å². The van der Waals surface area contributed by atoms with Crippen LogP contribution in [0, 0.1) is 9.49 Å². The van der Waals surface area contributed by atoms with Crippen LogP contribution in [-0.4, -0.2) is 67.5 Å². The first-order valence-electron chi connectivity index (χ1n) is 11.5. The van der Waals surface area contributed by atoms with Gasteiger partial charge < -0.3 is 30.3 Å². The zero-order valence-corrected chi connectivity index (χ0v) is 21.0. The molecule has 0 bridgehead atoms. The highest BCUT2D eigenvalue weighted by Gasteiger charge is 2.36. The Morgan fingerprint density at radius 2 is 2.03 bits per heavy atom. The molecule has 1 amide bonds. The average Bonchev–Trinajstić information content (AvgIpc) is 2.84. The Balaban J connectivity index is 1.82. The first-order chi connectivity index (χ1) is 16.0. The summed E-state index contributed by atoms with van der Waals surface area (Å²) in [5.74, 6) is 1.08. The van der Waals surface area contributed by atoms with Crippen molar-refractivity contribution < 1.29 is 29.3 Å². The first-order valence-corrected chi connectivity index (χ1v) is 12.5. The molecular formula is C24H33IN2O6. The summed E-state index contributed by atoms with van der Waals surface area (Å²) in [6.45, 7) is 0.793. The van der Waals surface area contributed by atoms with E-state index in [1.807, 2.05) is 0 Å². The lowest BCUT2D eigenvalue weighted by molar-refractivity contribution is -0.118. The molecule has 2 aliphatic rings. The third-order valence-electron chi connectivity index (χ3n) is 6.28. The first kappa shape index (κ1) is 25.9. The monoisotopic (exact) mass is 572 g/mol. The Morgan fingerprint density at radius 3 is 2.70 bits per heavy atom. The van der Waals surface area contributed by atoms with E-state index in [2.05, 4.69) is 33.2 Å². The SMILES string of the molecule is COc1cc(C=O)cc(I)c1O[C@H]1C=C(C(=O)NCCO)C[C@@H](NCC2CCCCC2)[C@@H]1O. The third kappa shape index (κ3) is 6.91. The molecule has 9 heteroatoms. The molecule has 0 saturated heterocycles. The predicted octanol–water partition coefficient (Wildman–Crippen LogP) is 2.20. The molecule has 4 N–H and O–H groups in total. The maximum atomic E-state index is 12.7. The lowest BCUT2D eigenvalue weighted by Crippen LogP contribution is -2.52. The number of hydrogen-bond donors (Lipinski definition) is 4. The topological polar surface area (TPSA) is 117 Å². The van der Waals surface area contributed by atoms with Crippen LogP contribution >= 0.6 is 22.6 Å². The van der Waals surface area contributed by atoms with Gasteiger partial charge in [0.2, 0.25) is 5.91 Å². The number of amides is 1. The Morgan fingerprint density at radius 1 is 1.27 bits per heavy atom. The van der Waals surface area contributed by atoms with Crippen molar-refractivity contribution in [3.63, 3.8) is 0 Å². The smallest absolute Gasteiger partial charge is 0.247 e. The van der Waals surface area contributed by atoms with Crippen molar-refractivity contribution in [1.29, 1.82) is 0 Å². The predicted molar refractivity (Wildman–Crippen MR) is 133 cm³/mol. The fourth-order valence-electron chi connectivity index (χ4n) is 4.47. The molecule has 3 atom stereocenters. The second-order valence-corrected chi connectivity index (χ2v) is 9.78. The van der Waals surface area contributed by atoms with Gasteiger partial charge in [0.15, 0.2) is 11.5 Å². The Kier molecular flexibility index (Phi) is 9.96. The van der Waals surface area contributed by atoms with Gasteiger partial charge in [-0.1, -0.05) is 19.3 Å². The maximum absolute atomic E-state index is 12.7. The van der Waals surface area contributed by atoms with Crippen LogP contribution in [0.25, 0.3) is 0 Å². The van der Waals surface area contributed by atoms with Gasteiger partial charge >= 0.3 is 0 Å². The highest BCUT2D eigenvalue weighted by Crippen LogP contribution is 2.36. The van der Waals surface area contributed by atoms with Crippen LogP contribution in [-0.2, 0) is 4.79 Å². The molecule has 2 aliphatic carbocycles. The van der Waals surface area contributed by atoms with Crippen molar-refractivity contribution in [3.8, 4) is 11.5 Å². The van der Waals surface area contributed by atoms with Gasteiger partial charge in [0, 0.05) is 23.7 Å². The van der Waals surface area contributed by atoms with E-state index in [-0.39, 0.29) is 25.1 Å². The van der Waals surface area contributed by atoms with Crippen molar-refractivity contribution in [3.05, 3.63) is 32.9 Å². The van der Waals surface area contributed by atoms with Gasteiger partial charge in [-0.2, -0.15) is 0 Å². The van der Waals surface area contributed by atoms with E-state index >= 15 is 0 Å². The van der Waals surface area contributed by atoms with E-state index < -0.39 is 12.2 Å². The number of aliphatic hydroxyl groups excluding tert-OH is 2. The van der Waals surface area contributed by atoms with Crippen molar-refractivity contribution in [2.45, 2.75) is 56.8 Å². The van der Waals surface area contributed by atoms with Crippen LogP contribution in [0.4, 0.5) is 0 Å². The number of methoxy groups -OCH3 is 1. The molecule has 0 heterocycles. The molecule has 0 unspecified atom stereocenters. The molecule has 8 nitrogen and oxygen atoms in total. The van der Waals surface area contributed by atoms with Crippen molar-refractivity contribution in [2.75, 3.05) is 26.8 Å². The molecular weight excluding hydrogens is 539 g/mol. The Hall–Kier alpha value is -1.69. The van der Waals surface area contributed by atoms with Gasteiger partial charge in [-0.05, 0) is 72.5 Å². The van der Waals surface area contributed by atoms with Gasteiger partial charge in [0.05, 0.1) is 17.3 Å². The molecule has 1 aromatic rings. The summed E-state index contributed by atoms with van der Waals surface area (Å²) in [4.78, 5) is 23.9. The van der Waals surface area contributed by atoms with Crippen LogP contribution in [0.15, 0.2) is 23.8 Å². The Labute approximate surface area is 208 Å². The highest BCUT2D eigenvalue weighted by molar-refractivity contribution is 14.1. The number of ether oxygens (including phenoxy) is 2. The molecule has 0 radical (unpaired) electrons. The van der Waals surface area contributed by atoms with E-state index in [1.54, 1.807) is 18.2 Å². The highest BCUT2D eigenvalue weighted by atomic mass is 127. The number of rotatable bonds is 10. The lowest BCUT2D eigenvalue weighted by atomic mass is 9.86. The second-order valence-electron chi connectivity index (χ2n) is 8.62. The minimum absolute atomic E-state index is 0.149. The number of aldehydes is 1. The van der Waals surface area contributed by atoms with Crippen LogP contribution in [0.5, 0.6) is 11.5 Å². The summed E-state index contributed by atoms with van der Waals surface area (Å²) in [7, 11) is 1.49. The zero-order chi connectivity index (χ0) is 23.8. The molecule has 3 rings (SSSR count). The summed E-state index contributed by atoms with van der Waals surface area (Å²) in [6, 6.07) is 2.91. The van der Waals surface area contributed by atoms with Crippen LogP contribution in [0.3, 0.4) is 0 Å². The standard InChI is InChI=1S/C24H33IN2O6/c1-32-21-10-16(14-29)9-18(25)23(21)33-20-12-17(24(31)26-7-8-28)11-19(22(20)30)27-13-15-5-3-2-4-6-15/h9-10,12,14-15,19-20,22,27-28,30H,2-8,11,13H2,1H3,(H,26,31)/t19-,20+,22+/m1/s1. The maximum Gasteiger partial charge on any atom is 0.247 e. The molecule has 0 spiro atoms. The van der Waals surface area contributed by atoms with Gasteiger partial charge in [-0.3, -0.25) is 9.59 Å². The minimum Gasteiger partial charge on any atom is -0.493 e.